The second-order valence-electron chi connectivity index (χ2n) is 8.81. The van der Waals surface area contributed by atoms with Crippen LogP contribution in [0.5, 0.6) is 0 Å². The number of hydrogen-bond acceptors (Lipinski definition) is 2. The highest BCUT2D eigenvalue weighted by atomic mass is 16.1. The van der Waals surface area contributed by atoms with E-state index < -0.39 is 0 Å². The van der Waals surface area contributed by atoms with E-state index in [0.717, 1.165) is 37.3 Å². The summed E-state index contributed by atoms with van der Waals surface area (Å²) >= 11 is 0. The van der Waals surface area contributed by atoms with Gasteiger partial charge in [0.15, 0.2) is 0 Å². The normalized spacial score (nSPS) is 37.5. The SMILES string of the molecule is CC1CN(CC2CC3C=CC2C3)CCC1(C)c1cccc(C(N)=O)c1. The van der Waals surface area contributed by atoms with Crippen molar-refractivity contribution in [3.8, 4) is 0 Å². The van der Waals surface area contributed by atoms with Gasteiger partial charge in [-0.1, -0.05) is 38.1 Å². The number of piperidine rings is 1. The first kappa shape index (κ1) is 16.8. The minimum Gasteiger partial charge on any atom is -0.366 e. The van der Waals surface area contributed by atoms with Crippen LogP contribution in [0.1, 0.15) is 49.0 Å². The standard InChI is InChI=1S/C22H30N2O/c1-15-13-24(14-19-11-16-6-7-17(19)10-16)9-8-22(15,2)20-5-3-4-18(12-20)21(23)25/h3-7,12,15-17,19H,8-11,13-14H2,1-2H3,(H2,23,25). The topological polar surface area (TPSA) is 46.3 Å². The van der Waals surface area contributed by atoms with Gasteiger partial charge in [-0.05, 0) is 72.6 Å². The second kappa shape index (κ2) is 6.28. The quantitative estimate of drug-likeness (QED) is 0.853. The highest BCUT2D eigenvalue weighted by molar-refractivity contribution is 5.92. The summed E-state index contributed by atoms with van der Waals surface area (Å²) < 4.78 is 0. The zero-order valence-corrected chi connectivity index (χ0v) is 15.4. The predicted molar refractivity (Wildman–Crippen MR) is 101 cm³/mol. The van der Waals surface area contributed by atoms with Crippen LogP contribution in [0.2, 0.25) is 0 Å². The number of fused-ring (bicyclic) bond motifs is 2. The molecule has 1 saturated carbocycles. The third-order valence-corrected chi connectivity index (χ3v) is 7.28. The molecule has 3 heteroatoms. The lowest BCUT2D eigenvalue weighted by molar-refractivity contribution is 0.0921. The number of benzene rings is 1. The molecule has 1 aromatic carbocycles. The van der Waals surface area contributed by atoms with Crippen molar-refractivity contribution in [3.05, 3.63) is 47.5 Å². The summed E-state index contributed by atoms with van der Waals surface area (Å²) in [6, 6.07) is 7.97. The summed E-state index contributed by atoms with van der Waals surface area (Å²) in [5.41, 5.74) is 7.49. The van der Waals surface area contributed by atoms with Crippen LogP contribution in [0.3, 0.4) is 0 Å². The highest BCUT2D eigenvalue weighted by Gasteiger charge is 2.41. The van der Waals surface area contributed by atoms with Gasteiger partial charge in [-0.2, -0.15) is 0 Å². The average Bonchev–Trinajstić information content (AvgIpc) is 3.21. The minimum absolute atomic E-state index is 0.122. The van der Waals surface area contributed by atoms with Crippen molar-refractivity contribution in [3.63, 3.8) is 0 Å². The van der Waals surface area contributed by atoms with Gasteiger partial charge in [0.25, 0.3) is 0 Å². The molecule has 1 amide bonds. The Hall–Kier alpha value is -1.61. The van der Waals surface area contributed by atoms with Crippen LogP contribution < -0.4 is 5.73 Å². The molecule has 134 valence electrons. The largest absolute Gasteiger partial charge is 0.366 e. The zero-order valence-electron chi connectivity index (χ0n) is 15.4. The summed E-state index contributed by atoms with van der Waals surface area (Å²) in [6.45, 7) is 8.28. The average molecular weight is 338 g/mol. The van der Waals surface area contributed by atoms with Crippen molar-refractivity contribution in [1.82, 2.24) is 4.90 Å². The molecule has 1 saturated heterocycles. The fourth-order valence-corrected chi connectivity index (χ4v) is 5.38. The van der Waals surface area contributed by atoms with Gasteiger partial charge in [0.05, 0.1) is 0 Å². The monoisotopic (exact) mass is 338 g/mol. The van der Waals surface area contributed by atoms with Crippen LogP contribution in [0.25, 0.3) is 0 Å². The molecule has 1 heterocycles. The molecule has 0 spiro atoms. The van der Waals surface area contributed by atoms with Crippen molar-refractivity contribution in [1.29, 1.82) is 0 Å². The first-order valence-electron chi connectivity index (χ1n) is 9.77. The first-order valence-corrected chi connectivity index (χ1v) is 9.77. The van der Waals surface area contributed by atoms with Gasteiger partial charge in [0.2, 0.25) is 5.91 Å². The molecule has 2 aliphatic carbocycles. The van der Waals surface area contributed by atoms with Gasteiger partial charge < -0.3 is 10.6 Å². The van der Waals surface area contributed by atoms with Crippen molar-refractivity contribution in [2.45, 2.75) is 38.5 Å². The summed E-state index contributed by atoms with van der Waals surface area (Å²) in [4.78, 5) is 14.2. The molecule has 3 nitrogen and oxygen atoms in total. The Morgan fingerprint density at radius 3 is 2.80 bits per heavy atom. The third-order valence-electron chi connectivity index (χ3n) is 7.28. The number of amides is 1. The van der Waals surface area contributed by atoms with Crippen molar-refractivity contribution < 1.29 is 4.79 Å². The van der Waals surface area contributed by atoms with Gasteiger partial charge >= 0.3 is 0 Å². The van der Waals surface area contributed by atoms with E-state index in [0.29, 0.717) is 11.5 Å². The molecule has 1 aliphatic heterocycles. The molecule has 25 heavy (non-hydrogen) atoms. The second-order valence-corrected chi connectivity index (χ2v) is 8.81. The van der Waals surface area contributed by atoms with Gasteiger partial charge in [0.1, 0.15) is 0 Å². The van der Waals surface area contributed by atoms with Crippen molar-refractivity contribution in [2.24, 2.45) is 29.4 Å². The lowest BCUT2D eigenvalue weighted by atomic mass is 9.67. The zero-order chi connectivity index (χ0) is 17.6. The van der Waals surface area contributed by atoms with E-state index in [4.69, 9.17) is 5.73 Å². The maximum atomic E-state index is 11.5. The number of primary amides is 1. The number of nitrogens with two attached hydrogens (primary N) is 1. The van der Waals surface area contributed by atoms with E-state index in [2.05, 4.69) is 37.0 Å². The van der Waals surface area contributed by atoms with Crippen LogP contribution >= 0.6 is 0 Å². The fraction of sp³-hybridized carbons (Fsp3) is 0.591. The van der Waals surface area contributed by atoms with E-state index in [1.807, 2.05) is 18.2 Å². The molecule has 2 bridgehead atoms. The van der Waals surface area contributed by atoms with Crippen LogP contribution in [0.4, 0.5) is 0 Å². The Labute approximate surface area is 151 Å². The van der Waals surface area contributed by atoms with E-state index in [-0.39, 0.29) is 11.3 Å². The molecule has 5 unspecified atom stereocenters. The van der Waals surface area contributed by atoms with Crippen molar-refractivity contribution in [2.75, 3.05) is 19.6 Å². The maximum Gasteiger partial charge on any atom is 0.248 e. The Balaban J connectivity index is 1.44. The maximum absolute atomic E-state index is 11.5. The van der Waals surface area contributed by atoms with Gasteiger partial charge in [-0.25, -0.2) is 0 Å². The number of carbonyl (C=O) groups is 1. The Bertz CT molecular complexity index is 697. The Morgan fingerprint density at radius 1 is 1.32 bits per heavy atom. The first-order chi connectivity index (χ1) is 12.0. The number of hydrogen-bond donors (Lipinski definition) is 1. The highest BCUT2D eigenvalue weighted by Crippen LogP contribution is 2.45. The van der Waals surface area contributed by atoms with E-state index >= 15 is 0 Å². The van der Waals surface area contributed by atoms with Crippen LogP contribution in [0, 0.1) is 23.7 Å². The number of allylic oxidation sites excluding steroid dienone is 2. The number of likely N-dealkylation sites (tertiary alicyclic amines) is 1. The molecule has 1 aromatic rings. The molecule has 2 fully saturated rings. The predicted octanol–water partition coefficient (Wildman–Crippen LogP) is 3.60. The van der Waals surface area contributed by atoms with E-state index in [1.165, 1.54) is 24.9 Å². The Morgan fingerprint density at radius 2 is 2.16 bits per heavy atom. The van der Waals surface area contributed by atoms with Crippen LogP contribution in [-0.4, -0.2) is 30.4 Å². The molecule has 0 aromatic heterocycles. The molecule has 2 N–H and O–H groups in total. The number of nitrogens with zero attached hydrogens (tertiary/aromatic N) is 1. The summed E-state index contributed by atoms with van der Waals surface area (Å²) in [6.07, 6.45) is 8.83. The van der Waals surface area contributed by atoms with E-state index in [1.54, 1.807) is 0 Å². The molecule has 0 radical (unpaired) electrons. The van der Waals surface area contributed by atoms with Crippen LogP contribution in [-0.2, 0) is 5.41 Å². The summed E-state index contributed by atoms with van der Waals surface area (Å²) in [5, 5.41) is 0. The molecule has 5 atom stereocenters. The van der Waals surface area contributed by atoms with Gasteiger partial charge in [-0.15, -0.1) is 0 Å². The van der Waals surface area contributed by atoms with Gasteiger partial charge in [0, 0.05) is 18.7 Å². The van der Waals surface area contributed by atoms with Crippen LogP contribution in [0.15, 0.2) is 36.4 Å². The van der Waals surface area contributed by atoms with Gasteiger partial charge in [-0.3, -0.25) is 4.79 Å². The molecular weight excluding hydrogens is 308 g/mol. The molecular formula is C22H30N2O. The number of carbonyl (C=O) groups excluding carboxylic acids is 1. The lowest BCUT2D eigenvalue weighted by Crippen LogP contribution is -2.48. The molecule has 4 rings (SSSR count). The molecule has 3 aliphatic rings. The smallest absolute Gasteiger partial charge is 0.248 e. The number of rotatable bonds is 4. The summed E-state index contributed by atoms with van der Waals surface area (Å²) in [7, 11) is 0. The lowest BCUT2D eigenvalue weighted by Gasteiger charge is -2.46. The third kappa shape index (κ3) is 3.03. The minimum atomic E-state index is -0.333. The summed E-state index contributed by atoms with van der Waals surface area (Å²) in [5.74, 6) is 2.79. The van der Waals surface area contributed by atoms with Crippen molar-refractivity contribution >= 4 is 5.91 Å². The fourth-order valence-electron chi connectivity index (χ4n) is 5.38. The van der Waals surface area contributed by atoms with E-state index in [9.17, 15) is 4.79 Å². The Kier molecular flexibility index (Phi) is 4.23.